The lowest BCUT2D eigenvalue weighted by molar-refractivity contribution is -0.138. The van der Waals surface area contributed by atoms with Gasteiger partial charge in [-0.3, -0.25) is 4.79 Å². The molecule has 0 radical (unpaired) electrons. The number of nitrogens with zero attached hydrogens (tertiary/aromatic N) is 1. The molecule has 0 aliphatic heterocycles. The first-order valence-corrected chi connectivity index (χ1v) is 6.56. The molecule has 1 amide bonds. The maximum atomic E-state index is 12.8. The van der Waals surface area contributed by atoms with E-state index in [-0.39, 0.29) is 30.4 Å². The highest BCUT2D eigenvalue weighted by molar-refractivity contribution is 6.18. The summed E-state index contributed by atoms with van der Waals surface area (Å²) in [6, 6.07) is 4.67. The van der Waals surface area contributed by atoms with Crippen LogP contribution in [-0.4, -0.2) is 35.7 Å². The maximum absolute atomic E-state index is 12.8. The number of alkyl halides is 5. The first kappa shape index (κ1) is 16.1. The highest BCUT2D eigenvalue weighted by atomic mass is 35.5. The molecule has 1 aromatic carbocycles. The summed E-state index contributed by atoms with van der Waals surface area (Å²) in [4.78, 5) is 13.3. The SMILES string of the molecule is O=C(c1ccccc1C(F)(F)F)N(CCCl)CCCl. The fraction of sp³-hybridized carbons (Fsp3) is 0.417. The summed E-state index contributed by atoms with van der Waals surface area (Å²) in [7, 11) is 0. The molecule has 19 heavy (non-hydrogen) atoms. The molecule has 0 aliphatic carbocycles. The van der Waals surface area contributed by atoms with Gasteiger partial charge in [-0.05, 0) is 12.1 Å². The molecule has 1 aromatic rings. The average Bonchev–Trinajstić information content (AvgIpc) is 2.37. The standard InChI is InChI=1S/C12H12Cl2F3NO/c13-5-7-18(8-6-14)11(19)9-3-1-2-4-10(9)12(15,16)17/h1-4H,5-8H2. The third-order valence-electron chi connectivity index (χ3n) is 2.46. The Kier molecular flexibility index (Phi) is 5.94. The zero-order chi connectivity index (χ0) is 14.5. The lowest BCUT2D eigenvalue weighted by Crippen LogP contribution is -2.35. The van der Waals surface area contributed by atoms with Crippen LogP contribution in [0.5, 0.6) is 0 Å². The third kappa shape index (κ3) is 4.28. The summed E-state index contributed by atoms with van der Waals surface area (Å²) in [6.07, 6.45) is -4.57. The average molecular weight is 314 g/mol. The van der Waals surface area contributed by atoms with E-state index in [2.05, 4.69) is 0 Å². The molecule has 106 valence electrons. The zero-order valence-electron chi connectivity index (χ0n) is 9.88. The molecule has 0 unspecified atom stereocenters. The Bertz CT molecular complexity index is 431. The monoisotopic (exact) mass is 313 g/mol. The summed E-state index contributed by atoms with van der Waals surface area (Å²) in [5.41, 5.74) is -1.33. The number of carbonyl (C=O) groups is 1. The Morgan fingerprint density at radius 3 is 2.11 bits per heavy atom. The molecule has 0 N–H and O–H groups in total. The minimum atomic E-state index is -4.57. The largest absolute Gasteiger partial charge is 0.417 e. The number of amides is 1. The van der Waals surface area contributed by atoms with Gasteiger partial charge in [-0.15, -0.1) is 23.2 Å². The molecule has 2 nitrogen and oxygen atoms in total. The number of hydrogen-bond donors (Lipinski definition) is 0. The molecule has 0 atom stereocenters. The van der Waals surface area contributed by atoms with Crippen molar-refractivity contribution in [1.29, 1.82) is 0 Å². The van der Waals surface area contributed by atoms with E-state index in [0.29, 0.717) is 0 Å². The fourth-order valence-corrected chi connectivity index (χ4v) is 2.01. The number of benzene rings is 1. The van der Waals surface area contributed by atoms with Crippen molar-refractivity contribution in [2.75, 3.05) is 24.8 Å². The number of halogens is 5. The Morgan fingerprint density at radius 1 is 1.11 bits per heavy atom. The van der Waals surface area contributed by atoms with Crippen molar-refractivity contribution in [2.24, 2.45) is 0 Å². The van der Waals surface area contributed by atoms with Crippen molar-refractivity contribution < 1.29 is 18.0 Å². The van der Waals surface area contributed by atoms with Gasteiger partial charge >= 0.3 is 6.18 Å². The van der Waals surface area contributed by atoms with Crippen molar-refractivity contribution in [3.8, 4) is 0 Å². The van der Waals surface area contributed by atoms with Crippen LogP contribution in [0.2, 0.25) is 0 Å². The normalized spacial score (nSPS) is 11.4. The van der Waals surface area contributed by atoms with Gasteiger partial charge in [0.2, 0.25) is 0 Å². The molecule has 1 rings (SSSR count). The van der Waals surface area contributed by atoms with E-state index < -0.39 is 17.6 Å². The van der Waals surface area contributed by atoms with E-state index in [0.717, 1.165) is 12.1 Å². The first-order valence-electron chi connectivity index (χ1n) is 5.49. The van der Waals surface area contributed by atoms with Gasteiger partial charge in [0.1, 0.15) is 0 Å². The van der Waals surface area contributed by atoms with Gasteiger partial charge in [0, 0.05) is 24.8 Å². The molecule has 0 saturated carbocycles. The second-order valence-electron chi connectivity index (χ2n) is 3.71. The minimum absolute atomic E-state index is 0.136. The van der Waals surface area contributed by atoms with Gasteiger partial charge in [-0.2, -0.15) is 13.2 Å². The van der Waals surface area contributed by atoms with Gasteiger partial charge in [0.05, 0.1) is 11.1 Å². The van der Waals surface area contributed by atoms with E-state index in [1.165, 1.54) is 17.0 Å². The van der Waals surface area contributed by atoms with Crippen LogP contribution in [0.3, 0.4) is 0 Å². The number of hydrogen-bond acceptors (Lipinski definition) is 1. The van der Waals surface area contributed by atoms with Crippen LogP contribution in [0.25, 0.3) is 0 Å². The van der Waals surface area contributed by atoms with Crippen molar-refractivity contribution in [1.82, 2.24) is 4.90 Å². The maximum Gasteiger partial charge on any atom is 0.417 e. The summed E-state index contributed by atoms with van der Waals surface area (Å²) in [6.45, 7) is 0.304. The molecule has 0 saturated heterocycles. The minimum Gasteiger partial charge on any atom is -0.336 e. The molecular weight excluding hydrogens is 302 g/mol. The Morgan fingerprint density at radius 2 is 1.63 bits per heavy atom. The van der Waals surface area contributed by atoms with Gasteiger partial charge in [-0.25, -0.2) is 0 Å². The van der Waals surface area contributed by atoms with Crippen LogP contribution in [-0.2, 0) is 6.18 Å². The molecule has 0 aromatic heterocycles. The van der Waals surface area contributed by atoms with Crippen LogP contribution < -0.4 is 0 Å². The Hall–Kier alpha value is -0.940. The van der Waals surface area contributed by atoms with Crippen LogP contribution >= 0.6 is 23.2 Å². The van der Waals surface area contributed by atoms with Crippen molar-refractivity contribution in [3.05, 3.63) is 35.4 Å². The molecule has 0 fully saturated rings. The van der Waals surface area contributed by atoms with E-state index in [1.807, 2.05) is 0 Å². The van der Waals surface area contributed by atoms with Crippen molar-refractivity contribution >= 4 is 29.1 Å². The summed E-state index contributed by atoms with van der Waals surface area (Å²) in [5, 5.41) is 0. The van der Waals surface area contributed by atoms with Crippen molar-refractivity contribution in [2.45, 2.75) is 6.18 Å². The highest BCUT2D eigenvalue weighted by Crippen LogP contribution is 2.32. The zero-order valence-corrected chi connectivity index (χ0v) is 11.4. The smallest absolute Gasteiger partial charge is 0.336 e. The number of carbonyl (C=O) groups excluding carboxylic acids is 1. The molecule has 0 bridgehead atoms. The Labute approximate surface area is 119 Å². The summed E-state index contributed by atoms with van der Waals surface area (Å²) < 4.78 is 38.5. The summed E-state index contributed by atoms with van der Waals surface area (Å²) >= 11 is 11.1. The van der Waals surface area contributed by atoms with Crippen LogP contribution in [0.4, 0.5) is 13.2 Å². The quantitative estimate of drug-likeness (QED) is 0.760. The number of rotatable bonds is 5. The van der Waals surface area contributed by atoms with E-state index in [4.69, 9.17) is 23.2 Å². The summed E-state index contributed by atoms with van der Waals surface area (Å²) in [5.74, 6) is -0.442. The van der Waals surface area contributed by atoms with E-state index in [9.17, 15) is 18.0 Å². The lowest BCUT2D eigenvalue weighted by Gasteiger charge is -2.22. The van der Waals surface area contributed by atoms with Crippen LogP contribution in [0, 0.1) is 0 Å². The van der Waals surface area contributed by atoms with E-state index in [1.54, 1.807) is 0 Å². The van der Waals surface area contributed by atoms with Crippen LogP contribution in [0.15, 0.2) is 24.3 Å². The molecular formula is C12H12Cl2F3NO. The van der Waals surface area contributed by atoms with E-state index >= 15 is 0 Å². The molecule has 0 heterocycles. The highest BCUT2D eigenvalue weighted by Gasteiger charge is 2.35. The molecule has 7 heteroatoms. The van der Waals surface area contributed by atoms with Gasteiger partial charge in [0.25, 0.3) is 5.91 Å². The second kappa shape index (κ2) is 7.01. The Balaban J connectivity index is 3.11. The predicted molar refractivity (Wildman–Crippen MR) is 68.8 cm³/mol. The predicted octanol–water partition coefficient (Wildman–Crippen LogP) is 3.63. The van der Waals surface area contributed by atoms with Crippen molar-refractivity contribution in [3.63, 3.8) is 0 Å². The van der Waals surface area contributed by atoms with Gasteiger partial charge in [0.15, 0.2) is 0 Å². The molecule has 0 spiro atoms. The lowest BCUT2D eigenvalue weighted by atomic mass is 10.1. The van der Waals surface area contributed by atoms with Gasteiger partial charge in [-0.1, -0.05) is 12.1 Å². The topological polar surface area (TPSA) is 20.3 Å². The third-order valence-corrected chi connectivity index (χ3v) is 2.80. The van der Waals surface area contributed by atoms with Crippen LogP contribution in [0.1, 0.15) is 15.9 Å². The fourth-order valence-electron chi connectivity index (χ4n) is 1.61. The van der Waals surface area contributed by atoms with Gasteiger partial charge < -0.3 is 4.90 Å². The molecule has 0 aliphatic rings. The first-order chi connectivity index (χ1) is 8.91. The second-order valence-corrected chi connectivity index (χ2v) is 4.47.